The summed E-state index contributed by atoms with van der Waals surface area (Å²) >= 11 is 0. The molecule has 3 rings (SSSR count). The van der Waals surface area contributed by atoms with E-state index in [0.29, 0.717) is 12.0 Å². The van der Waals surface area contributed by atoms with Crippen LogP contribution in [0.15, 0.2) is 72.5 Å². The first-order valence-electron chi connectivity index (χ1n) is 26.4. The third kappa shape index (κ3) is 26.2. The number of alkyl carbamates (subject to hydrolysis) is 1. The number of esters is 1. The van der Waals surface area contributed by atoms with Gasteiger partial charge in [-0.05, 0) is 58.2 Å². The molecule has 0 fully saturated rings. The van der Waals surface area contributed by atoms with E-state index in [1.54, 1.807) is 39.1 Å². The lowest BCUT2D eigenvalue weighted by Gasteiger charge is -2.27. The Labute approximate surface area is 469 Å². The van der Waals surface area contributed by atoms with Crippen LogP contribution in [-0.4, -0.2) is 142 Å². The van der Waals surface area contributed by atoms with E-state index in [2.05, 4.69) is 70.5 Å². The molecule has 442 valence electrons. The number of aromatic nitrogens is 1. The second-order valence-corrected chi connectivity index (χ2v) is 19.9. The van der Waals surface area contributed by atoms with Crippen LogP contribution in [0.3, 0.4) is 0 Å². The summed E-state index contributed by atoms with van der Waals surface area (Å²) in [6, 6.07) is 5.78. The number of amides is 7. The largest absolute Gasteiger partial charge is 0.480 e. The van der Waals surface area contributed by atoms with Crippen LogP contribution in [0.2, 0.25) is 0 Å². The number of fused-ring (bicyclic) bond motifs is 1. The summed E-state index contributed by atoms with van der Waals surface area (Å²) < 4.78 is 9.33. The predicted octanol–water partition coefficient (Wildman–Crippen LogP) is 4.31. The van der Waals surface area contributed by atoms with Gasteiger partial charge in [-0.2, -0.15) is 0 Å². The third-order valence-electron chi connectivity index (χ3n) is 11.8. The first-order valence-corrected chi connectivity index (χ1v) is 26.4. The number of carbonyl (C=O) groups is 11. The number of hydrogen-bond acceptors (Lipinski definition) is 15. The van der Waals surface area contributed by atoms with Crippen LogP contribution in [0.4, 0.5) is 10.5 Å². The summed E-state index contributed by atoms with van der Waals surface area (Å²) in [6.07, 6.45) is 5.91. The van der Waals surface area contributed by atoms with E-state index >= 15 is 0 Å². The fourth-order valence-corrected chi connectivity index (χ4v) is 7.75. The minimum Gasteiger partial charge on any atom is -0.480 e. The minimum absolute atomic E-state index is 0.0287. The number of methoxy groups -OCH3 is 1. The number of carboxylic acid groups (broad SMARTS) is 1. The number of aromatic amines is 1. The van der Waals surface area contributed by atoms with E-state index in [4.69, 9.17) is 15.4 Å². The van der Waals surface area contributed by atoms with Crippen LogP contribution in [0.5, 0.6) is 0 Å². The highest BCUT2D eigenvalue weighted by atomic mass is 16.5. The Bertz CT molecular complexity index is 2710. The Morgan fingerprint density at radius 2 is 1.37 bits per heavy atom. The van der Waals surface area contributed by atoms with Crippen molar-refractivity contribution in [3.63, 3.8) is 0 Å². The number of carboxylic acids is 1. The topological polar surface area (TPSA) is 395 Å². The number of aliphatic hydroxyl groups excluding tert-OH is 1. The summed E-state index contributed by atoms with van der Waals surface area (Å²) in [5, 5.41) is 40.7. The summed E-state index contributed by atoms with van der Waals surface area (Å²) in [6.45, 7) is 12.6. The quantitative estimate of drug-likeness (QED) is 0.00773. The van der Waals surface area contributed by atoms with Crippen molar-refractivity contribution in [2.24, 2.45) is 5.11 Å². The number of hydrogen-bond donors (Lipinski definition) is 10. The van der Waals surface area contributed by atoms with Gasteiger partial charge < -0.3 is 61.9 Å². The molecule has 0 bridgehead atoms. The van der Waals surface area contributed by atoms with Gasteiger partial charge in [0.2, 0.25) is 35.4 Å². The monoisotopic (exact) mass is 1130 g/mol. The number of benzene rings is 2. The molecular formula is C55H77N11O15. The molecule has 1 heterocycles. The molecule has 10 N–H and O–H groups in total. The SMILES string of the molecule is C=CCOC(=O)NC(CC(=O)c1ccccc1N=[N+]=[N-])C(=O)O.CCCCCCCCCC(=O)NC(Cc1c[nH]c2ccccc12)C(=O)NC(CC(=O)NC(C)(C)C)C(=O)NC(CC(=O)OC)C(=O)NC(C(=O)NCC(C)=O)C(C)O. The molecule has 0 radical (unpaired) electrons. The Morgan fingerprint density at radius 1 is 0.765 bits per heavy atom. The number of aliphatic hydroxyl groups is 1. The Hall–Kier alpha value is -8.64. The number of azide groups is 1. The van der Waals surface area contributed by atoms with Crippen LogP contribution in [0, 0.1) is 0 Å². The maximum absolute atomic E-state index is 14.2. The van der Waals surface area contributed by atoms with Gasteiger partial charge in [0.25, 0.3) is 0 Å². The summed E-state index contributed by atoms with van der Waals surface area (Å²) in [5.41, 5.74) is 9.42. The number of Topliss-reactive ketones (excluding diaryl/α,β-unsaturated/α-hetero) is 2. The number of rotatable bonds is 33. The van der Waals surface area contributed by atoms with Crippen molar-refractivity contribution in [1.82, 2.24) is 42.2 Å². The molecule has 0 aliphatic heterocycles. The highest BCUT2D eigenvalue weighted by molar-refractivity contribution is 6.03. The first-order chi connectivity index (χ1) is 38.3. The normalized spacial score (nSPS) is 13.0. The van der Waals surface area contributed by atoms with Crippen LogP contribution in [-0.2, 0) is 59.0 Å². The van der Waals surface area contributed by atoms with E-state index < -0.39 is 114 Å². The molecular weight excluding hydrogens is 1050 g/mol. The zero-order valence-electron chi connectivity index (χ0n) is 46.9. The molecule has 6 unspecified atom stereocenters. The van der Waals surface area contributed by atoms with Gasteiger partial charge in [0.05, 0.1) is 32.6 Å². The zero-order chi connectivity index (χ0) is 60.7. The fourth-order valence-electron chi connectivity index (χ4n) is 7.75. The van der Waals surface area contributed by atoms with Crippen LogP contribution in [0.25, 0.3) is 21.3 Å². The van der Waals surface area contributed by atoms with E-state index in [1.165, 1.54) is 32.1 Å². The van der Waals surface area contributed by atoms with Crippen molar-refractivity contribution in [3.8, 4) is 0 Å². The average molecular weight is 1130 g/mol. The second kappa shape index (κ2) is 35.8. The summed E-state index contributed by atoms with van der Waals surface area (Å²) in [5.74, 6) is -8.11. The fraction of sp³-hybridized carbons (Fsp3) is 0.509. The van der Waals surface area contributed by atoms with E-state index in [9.17, 15) is 57.8 Å². The minimum atomic E-state index is -1.71. The van der Waals surface area contributed by atoms with Gasteiger partial charge in [-0.1, -0.05) is 106 Å². The van der Waals surface area contributed by atoms with Gasteiger partial charge in [-0.3, -0.25) is 43.2 Å². The van der Waals surface area contributed by atoms with Crippen molar-refractivity contribution < 1.29 is 72.4 Å². The number of para-hydroxylation sites is 1. The van der Waals surface area contributed by atoms with Crippen LogP contribution < -0.4 is 37.2 Å². The van der Waals surface area contributed by atoms with E-state index in [1.807, 2.05) is 24.3 Å². The Morgan fingerprint density at radius 3 is 1.98 bits per heavy atom. The summed E-state index contributed by atoms with van der Waals surface area (Å²) in [4.78, 5) is 145. The number of carbonyl (C=O) groups excluding carboxylic acids is 10. The highest BCUT2D eigenvalue weighted by Gasteiger charge is 2.36. The van der Waals surface area contributed by atoms with E-state index in [-0.39, 0.29) is 48.9 Å². The molecule has 26 nitrogen and oxygen atoms in total. The molecule has 0 saturated heterocycles. The first kappa shape index (κ1) is 68.5. The van der Waals surface area contributed by atoms with Crippen molar-refractivity contribution in [1.29, 1.82) is 0 Å². The number of unbranched alkanes of at least 4 members (excludes halogenated alkanes) is 6. The molecule has 6 atom stereocenters. The van der Waals surface area contributed by atoms with Gasteiger partial charge >= 0.3 is 18.0 Å². The van der Waals surface area contributed by atoms with Crippen molar-refractivity contribution in [2.75, 3.05) is 20.3 Å². The van der Waals surface area contributed by atoms with Gasteiger partial charge in [0.15, 0.2) is 5.78 Å². The highest BCUT2D eigenvalue weighted by Crippen LogP contribution is 2.22. The Balaban J connectivity index is 0.000000810. The second-order valence-electron chi connectivity index (χ2n) is 19.9. The average Bonchev–Trinajstić information content (AvgIpc) is 3.81. The maximum Gasteiger partial charge on any atom is 0.408 e. The number of nitrogens with zero attached hydrogens (tertiary/aromatic N) is 3. The molecule has 7 amide bonds. The van der Waals surface area contributed by atoms with Crippen LogP contribution in [0.1, 0.15) is 128 Å². The maximum atomic E-state index is 14.2. The van der Waals surface area contributed by atoms with Gasteiger partial charge in [-0.25, -0.2) is 9.59 Å². The Kier molecular flexibility index (Phi) is 30.2. The van der Waals surface area contributed by atoms with Gasteiger partial charge in [-0.15, -0.1) is 0 Å². The van der Waals surface area contributed by atoms with Crippen molar-refractivity contribution in [3.05, 3.63) is 89.0 Å². The molecule has 26 heteroatoms. The standard InChI is InChI=1S/C41H63N7O10.C14H14N4O5/c1-8-9-10-11-12-13-14-19-33(51)44-30(20-27-24-42-29-18-16-15-17-28(27)29)37(54)45-31(21-34(52)48-41(4,5)6)38(55)46-32(22-35(53)58-7)39(56)47-36(26(3)50)40(57)43-23-25(2)49;1-2-7-23-14(22)16-11(13(20)21)8-12(19)9-5-3-4-6-10(9)17-18-15/h15-18,24,26,30-32,36,42,50H,8-14,19-23H2,1-7H3,(H,43,57)(H,44,51)(H,45,54)(H,46,55)(H,47,56)(H,48,52);2-6,11H,1,7-8H2,(H,16,22)(H,20,21). The molecule has 81 heavy (non-hydrogen) atoms. The molecule has 0 spiro atoms. The van der Waals surface area contributed by atoms with Crippen LogP contribution >= 0.6 is 0 Å². The molecule has 0 saturated carbocycles. The smallest absolute Gasteiger partial charge is 0.408 e. The molecule has 2 aromatic carbocycles. The summed E-state index contributed by atoms with van der Waals surface area (Å²) in [7, 11) is 1.06. The lowest BCUT2D eigenvalue weighted by atomic mass is 10.0. The molecule has 1 aromatic heterocycles. The predicted molar refractivity (Wildman–Crippen MR) is 297 cm³/mol. The third-order valence-corrected chi connectivity index (χ3v) is 11.8. The zero-order valence-corrected chi connectivity index (χ0v) is 46.9. The van der Waals surface area contributed by atoms with E-state index in [0.717, 1.165) is 56.5 Å². The van der Waals surface area contributed by atoms with Gasteiger partial charge in [0.1, 0.15) is 42.6 Å². The molecule has 0 aliphatic rings. The number of aliphatic carboxylic acids is 1. The number of ketones is 2. The number of H-pyrrole nitrogens is 1. The van der Waals surface area contributed by atoms with Gasteiger partial charge in [0, 0.05) is 58.1 Å². The van der Waals surface area contributed by atoms with Crippen molar-refractivity contribution in [2.45, 2.75) is 160 Å². The lowest BCUT2D eigenvalue weighted by Crippen LogP contribution is -2.61. The number of ether oxygens (including phenoxy) is 2. The molecule has 3 aromatic rings. The number of nitrogens with one attached hydrogen (secondary N) is 8. The molecule has 0 aliphatic carbocycles. The lowest BCUT2D eigenvalue weighted by molar-refractivity contribution is -0.144. The van der Waals surface area contributed by atoms with Crippen molar-refractivity contribution >= 4 is 81.6 Å².